The van der Waals surface area contributed by atoms with Crippen LogP contribution in [0, 0.1) is 13.8 Å². The Kier molecular flexibility index (Phi) is 3.46. The van der Waals surface area contributed by atoms with Gasteiger partial charge in [0, 0.05) is 16.7 Å². The standard InChI is InChI=1S/C12H11ClN2S/c1-8-3-5-10(6-4-8)16-11-9(2)7-14-12(13)15-11/h3-7H,1-2H3. The summed E-state index contributed by atoms with van der Waals surface area (Å²) >= 11 is 7.37. The number of aromatic nitrogens is 2. The van der Waals surface area contributed by atoms with Crippen molar-refractivity contribution in [2.24, 2.45) is 0 Å². The van der Waals surface area contributed by atoms with Gasteiger partial charge in [-0.2, -0.15) is 0 Å². The average molecular weight is 251 g/mol. The first-order valence-corrected chi connectivity index (χ1v) is 6.08. The van der Waals surface area contributed by atoms with Crippen LogP contribution < -0.4 is 0 Å². The molecular weight excluding hydrogens is 240 g/mol. The lowest BCUT2D eigenvalue weighted by atomic mass is 10.2. The van der Waals surface area contributed by atoms with Crippen LogP contribution in [0.25, 0.3) is 0 Å². The molecule has 0 saturated carbocycles. The van der Waals surface area contributed by atoms with Crippen molar-refractivity contribution >= 4 is 23.4 Å². The third-order valence-corrected chi connectivity index (χ3v) is 3.43. The maximum Gasteiger partial charge on any atom is 0.223 e. The van der Waals surface area contributed by atoms with Gasteiger partial charge in [0.2, 0.25) is 5.28 Å². The fourth-order valence-corrected chi connectivity index (χ4v) is 2.25. The van der Waals surface area contributed by atoms with E-state index in [2.05, 4.69) is 41.2 Å². The number of hydrogen-bond donors (Lipinski definition) is 0. The lowest BCUT2D eigenvalue weighted by Gasteiger charge is -2.04. The van der Waals surface area contributed by atoms with Crippen LogP contribution >= 0.6 is 23.4 Å². The summed E-state index contributed by atoms with van der Waals surface area (Å²) in [6.45, 7) is 4.05. The predicted molar refractivity (Wildman–Crippen MR) is 67.1 cm³/mol. The van der Waals surface area contributed by atoms with E-state index in [0.29, 0.717) is 5.28 Å². The van der Waals surface area contributed by atoms with Crippen molar-refractivity contribution in [2.45, 2.75) is 23.8 Å². The van der Waals surface area contributed by atoms with Gasteiger partial charge in [0.05, 0.1) is 0 Å². The van der Waals surface area contributed by atoms with Crippen LogP contribution in [-0.2, 0) is 0 Å². The Hall–Kier alpha value is -1.06. The van der Waals surface area contributed by atoms with E-state index in [-0.39, 0.29) is 0 Å². The highest BCUT2D eigenvalue weighted by Crippen LogP contribution is 2.28. The van der Waals surface area contributed by atoms with Gasteiger partial charge < -0.3 is 0 Å². The lowest BCUT2D eigenvalue weighted by Crippen LogP contribution is -1.89. The molecule has 4 heteroatoms. The summed E-state index contributed by atoms with van der Waals surface area (Å²) in [5.74, 6) is 0. The molecule has 0 bridgehead atoms. The minimum atomic E-state index is 0.292. The number of aryl methyl sites for hydroxylation is 2. The summed E-state index contributed by atoms with van der Waals surface area (Å²) in [6, 6.07) is 8.33. The highest BCUT2D eigenvalue weighted by atomic mass is 35.5. The van der Waals surface area contributed by atoms with Crippen LogP contribution in [0.2, 0.25) is 5.28 Å². The first-order chi connectivity index (χ1) is 7.65. The first-order valence-electron chi connectivity index (χ1n) is 4.89. The van der Waals surface area contributed by atoms with Crippen molar-refractivity contribution in [1.82, 2.24) is 9.97 Å². The fourth-order valence-electron chi connectivity index (χ4n) is 1.23. The molecule has 0 N–H and O–H groups in total. The molecule has 0 amide bonds. The zero-order chi connectivity index (χ0) is 11.5. The Labute approximate surface area is 104 Å². The average Bonchev–Trinajstić information content (AvgIpc) is 2.27. The van der Waals surface area contributed by atoms with E-state index in [9.17, 15) is 0 Å². The Balaban J connectivity index is 2.26. The van der Waals surface area contributed by atoms with Gasteiger partial charge >= 0.3 is 0 Å². The second-order valence-electron chi connectivity index (χ2n) is 3.54. The Morgan fingerprint density at radius 1 is 1.12 bits per heavy atom. The largest absolute Gasteiger partial charge is 0.226 e. The minimum absolute atomic E-state index is 0.292. The van der Waals surface area contributed by atoms with E-state index in [0.717, 1.165) is 15.5 Å². The smallest absolute Gasteiger partial charge is 0.223 e. The third kappa shape index (κ3) is 2.74. The molecule has 1 heterocycles. The number of nitrogens with zero attached hydrogens (tertiary/aromatic N) is 2. The molecule has 0 saturated heterocycles. The van der Waals surface area contributed by atoms with Crippen LogP contribution in [0.15, 0.2) is 40.4 Å². The molecule has 2 rings (SSSR count). The molecule has 0 fully saturated rings. The summed E-state index contributed by atoms with van der Waals surface area (Å²) in [5.41, 5.74) is 2.29. The van der Waals surface area contributed by atoms with Crippen LogP contribution in [-0.4, -0.2) is 9.97 Å². The molecule has 16 heavy (non-hydrogen) atoms. The maximum atomic E-state index is 5.77. The van der Waals surface area contributed by atoms with Crippen molar-refractivity contribution in [3.8, 4) is 0 Å². The lowest BCUT2D eigenvalue weighted by molar-refractivity contribution is 1.00. The van der Waals surface area contributed by atoms with Crippen molar-refractivity contribution < 1.29 is 0 Å². The summed E-state index contributed by atoms with van der Waals surface area (Å²) in [6.07, 6.45) is 1.74. The van der Waals surface area contributed by atoms with Gasteiger partial charge in [-0.3, -0.25) is 0 Å². The summed E-state index contributed by atoms with van der Waals surface area (Å²) in [7, 11) is 0. The topological polar surface area (TPSA) is 25.8 Å². The quantitative estimate of drug-likeness (QED) is 0.597. The number of hydrogen-bond acceptors (Lipinski definition) is 3. The molecule has 0 spiro atoms. The van der Waals surface area contributed by atoms with Gasteiger partial charge in [0.15, 0.2) is 0 Å². The van der Waals surface area contributed by atoms with Crippen molar-refractivity contribution in [2.75, 3.05) is 0 Å². The van der Waals surface area contributed by atoms with E-state index >= 15 is 0 Å². The molecule has 0 aliphatic rings. The molecule has 2 nitrogen and oxygen atoms in total. The van der Waals surface area contributed by atoms with Gasteiger partial charge in [0.25, 0.3) is 0 Å². The summed E-state index contributed by atoms with van der Waals surface area (Å²) < 4.78 is 0. The predicted octanol–water partition coefficient (Wildman–Crippen LogP) is 3.90. The van der Waals surface area contributed by atoms with Crippen molar-refractivity contribution in [3.63, 3.8) is 0 Å². The SMILES string of the molecule is Cc1ccc(Sc2nc(Cl)ncc2C)cc1. The fraction of sp³-hybridized carbons (Fsp3) is 0.167. The maximum absolute atomic E-state index is 5.77. The normalized spacial score (nSPS) is 10.4. The van der Waals surface area contributed by atoms with E-state index < -0.39 is 0 Å². The molecule has 1 aromatic heterocycles. The highest BCUT2D eigenvalue weighted by Gasteiger charge is 2.04. The second kappa shape index (κ2) is 4.85. The highest BCUT2D eigenvalue weighted by molar-refractivity contribution is 7.99. The molecular formula is C12H11ClN2S. The van der Waals surface area contributed by atoms with Crippen LogP contribution in [0.1, 0.15) is 11.1 Å². The first kappa shape index (κ1) is 11.4. The number of rotatable bonds is 2. The Bertz CT molecular complexity index is 497. The zero-order valence-corrected chi connectivity index (χ0v) is 10.6. The molecule has 1 aromatic carbocycles. The van der Waals surface area contributed by atoms with Gasteiger partial charge in [-0.15, -0.1) is 0 Å². The molecule has 0 radical (unpaired) electrons. The molecule has 0 unspecified atom stereocenters. The zero-order valence-electron chi connectivity index (χ0n) is 9.07. The van der Waals surface area contributed by atoms with Gasteiger partial charge in [0.1, 0.15) is 5.03 Å². The van der Waals surface area contributed by atoms with E-state index in [1.54, 1.807) is 18.0 Å². The number of halogens is 1. The Morgan fingerprint density at radius 2 is 1.81 bits per heavy atom. The second-order valence-corrected chi connectivity index (χ2v) is 4.94. The summed E-state index contributed by atoms with van der Waals surface area (Å²) in [5, 5.41) is 1.20. The summed E-state index contributed by atoms with van der Waals surface area (Å²) in [4.78, 5) is 9.30. The van der Waals surface area contributed by atoms with E-state index in [1.165, 1.54) is 5.56 Å². The van der Waals surface area contributed by atoms with Gasteiger partial charge in [-0.05, 0) is 37.6 Å². The number of benzene rings is 1. The van der Waals surface area contributed by atoms with Crippen LogP contribution in [0.4, 0.5) is 0 Å². The van der Waals surface area contributed by atoms with Crippen LogP contribution in [0.5, 0.6) is 0 Å². The molecule has 82 valence electrons. The Morgan fingerprint density at radius 3 is 2.50 bits per heavy atom. The van der Waals surface area contributed by atoms with Crippen LogP contribution in [0.3, 0.4) is 0 Å². The van der Waals surface area contributed by atoms with Crippen molar-refractivity contribution in [1.29, 1.82) is 0 Å². The van der Waals surface area contributed by atoms with E-state index in [1.807, 2.05) is 6.92 Å². The third-order valence-electron chi connectivity index (χ3n) is 2.13. The van der Waals surface area contributed by atoms with Crippen molar-refractivity contribution in [3.05, 3.63) is 46.9 Å². The van der Waals surface area contributed by atoms with E-state index in [4.69, 9.17) is 11.6 Å². The molecule has 0 aliphatic carbocycles. The molecule has 0 atom stereocenters. The monoisotopic (exact) mass is 250 g/mol. The minimum Gasteiger partial charge on any atom is -0.226 e. The molecule has 0 aliphatic heterocycles. The van der Waals surface area contributed by atoms with Gasteiger partial charge in [-0.25, -0.2) is 9.97 Å². The van der Waals surface area contributed by atoms with Gasteiger partial charge in [-0.1, -0.05) is 29.5 Å². The molecule has 2 aromatic rings.